The van der Waals surface area contributed by atoms with E-state index in [1.54, 1.807) is 10.9 Å². The van der Waals surface area contributed by atoms with Crippen molar-refractivity contribution in [3.8, 4) is 0 Å². The lowest BCUT2D eigenvalue weighted by atomic mass is 10.2. The van der Waals surface area contributed by atoms with Crippen LogP contribution in [0.25, 0.3) is 0 Å². The SMILES string of the molecule is Cc1c(NC(=O)[C@@H]2CCCN2)cnn1C.Cl. The number of rotatable bonds is 2. The molecule has 5 nitrogen and oxygen atoms in total. The molecule has 0 aromatic carbocycles. The van der Waals surface area contributed by atoms with Crippen LogP contribution < -0.4 is 10.6 Å². The molecule has 2 rings (SSSR count). The van der Waals surface area contributed by atoms with Crippen molar-refractivity contribution in [2.45, 2.75) is 25.8 Å². The van der Waals surface area contributed by atoms with Crippen LogP contribution in [-0.4, -0.2) is 28.3 Å². The molecule has 0 bridgehead atoms. The highest BCUT2D eigenvalue weighted by molar-refractivity contribution is 5.95. The third-order valence-corrected chi connectivity index (χ3v) is 2.87. The fourth-order valence-electron chi connectivity index (χ4n) is 1.75. The maximum atomic E-state index is 11.8. The van der Waals surface area contributed by atoms with Gasteiger partial charge in [-0.3, -0.25) is 9.48 Å². The van der Waals surface area contributed by atoms with Gasteiger partial charge >= 0.3 is 0 Å². The van der Waals surface area contributed by atoms with Crippen molar-refractivity contribution in [2.75, 3.05) is 11.9 Å². The number of hydrogen-bond acceptors (Lipinski definition) is 3. The zero-order chi connectivity index (χ0) is 10.8. The number of anilines is 1. The van der Waals surface area contributed by atoms with Crippen LogP contribution in [0, 0.1) is 6.92 Å². The Morgan fingerprint density at radius 3 is 2.94 bits per heavy atom. The van der Waals surface area contributed by atoms with E-state index >= 15 is 0 Å². The summed E-state index contributed by atoms with van der Waals surface area (Å²) >= 11 is 0. The minimum Gasteiger partial charge on any atom is -0.322 e. The van der Waals surface area contributed by atoms with Crippen LogP contribution in [0.3, 0.4) is 0 Å². The predicted molar refractivity (Wildman–Crippen MR) is 64.8 cm³/mol. The molecule has 1 fully saturated rings. The van der Waals surface area contributed by atoms with Gasteiger partial charge in [0.1, 0.15) is 0 Å². The Hall–Kier alpha value is -1.07. The van der Waals surface area contributed by atoms with E-state index in [9.17, 15) is 4.79 Å². The van der Waals surface area contributed by atoms with E-state index in [1.165, 1.54) is 0 Å². The summed E-state index contributed by atoms with van der Waals surface area (Å²) in [5.41, 5.74) is 1.78. The molecular formula is C10H17ClN4O. The predicted octanol–water partition coefficient (Wildman–Crippen LogP) is 0.841. The highest BCUT2D eigenvalue weighted by Crippen LogP contribution is 2.14. The van der Waals surface area contributed by atoms with Crippen molar-refractivity contribution in [2.24, 2.45) is 7.05 Å². The number of carbonyl (C=O) groups is 1. The summed E-state index contributed by atoms with van der Waals surface area (Å²) in [7, 11) is 1.86. The number of carbonyl (C=O) groups excluding carboxylic acids is 1. The molecule has 0 saturated carbocycles. The van der Waals surface area contributed by atoms with Crippen molar-refractivity contribution in [1.82, 2.24) is 15.1 Å². The molecule has 0 aliphatic carbocycles. The zero-order valence-corrected chi connectivity index (χ0v) is 10.3. The van der Waals surface area contributed by atoms with Crippen LogP contribution in [0.5, 0.6) is 0 Å². The first-order valence-corrected chi connectivity index (χ1v) is 5.21. The number of aryl methyl sites for hydroxylation is 1. The second-order valence-corrected chi connectivity index (χ2v) is 3.91. The van der Waals surface area contributed by atoms with Crippen molar-refractivity contribution >= 4 is 24.0 Å². The normalized spacial score (nSPS) is 19.2. The highest BCUT2D eigenvalue weighted by atomic mass is 35.5. The van der Waals surface area contributed by atoms with Gasteiger partial charge in [0.05, 0.1) is 23.6 Å². The number of hydrogen-bond donors (Lipinski definition) is 2. The average Bonchev–Trinajstić information content (AvgIpc) is 2.83. The third kappa shape index (κ3) is 2.54. The molecule has 6 heteroatoms. The van der Waals surface area contributed by atoms with Gasteiger partial charge in [0.25, 0.3) is 0 Å². The molecule has 1 atom stereocenters. The van der Waals surface area contributed by atoms with Gasteiger partial charge in [0.2, 0.25) is 5.91 Å². The molecule has 0 radical (unpaired) electrons. The Kier molecular flexibility index (Phi) is 4.32. The molecule has 16 heavy (non-hydrogen) atoms. The number of halogens is 1. The van der Waals surface area contributed by atoms with Gasteiger partial charge in [-0.05, 0) is 26.3 Å². The lowest BCUT2D eigenvalue weighted by Gasteiger charge is -2.10. The first-order valence-electron chi connectivity index (χ1n) is 5.21. The number of nitrogens with one attached hydrogen (secondary N) is 2. The van der Waals surface area contributed by atoms with E-state index in [0.717, 1.165) is 30.8 Å². The van der Waals surface area contributed by atoms with E-state index in [1.807, 2.05) is 14.0 Å². The number of aromatic nitrogens is 2. The molecule has 2 N–H and O–H groups in total. The van der Waals surface area contributed by atoms with E-state index < -0.39 is 0 Å². The van der Waals surface area contributed by atoms with E-state index in [2.05, 4.69) is 15.7 Å². The minimum atomic E-state index is -0.0374. The second-order valence-electron chi connectivity index (χ2n) is 3.91. The first-order chi connectivity index (χ1) is 7.18. The van der Waals surface area contributed by atoms with E-state index in [-0.39, 0.29) is 24.4 Å². The zero-order valence-electron chi connectivity index (χ0n) is 9.49. The van der Waals surface area contributed by atoms with E-state index in [0.29, 0.717) is 0 Å². The Morgan fingerprint density at radius 1 is 1.69 bits per heavy atom. The Balaban J connectivity index is 0.00000128. The molecular weight excluding hydrogens is 228 g/mol. The molecule has 1 aromatic heterocycles. The van der Waals surface area contributed by atoms with Gasteiger partial charge in [-0.25, -0.2) is 0 Å². The molecule has 1 amide bonds. The molecule has 0 spiro atoms. The van der Waals surface area contributed by atoms with Crippen molar-refractivity contribution in [3.05, 3.63) is 11.9 Å². The lowest BCUT2D eigenvalue weighted by Crippen LogP contribution is -2.35. The summed E-state index contributed by atoms with van der Waals surface area (Å²) in [6.07, 6.45) is 3.68. The molecule has 1 aromatic rings. The maximum Gasteiger partial charge on any atom is 0.241 e. The standard InChI is InChI=1S/C10H16N4O.ClH/c1-7-9(6-12-14(7)2)13-10(15)8-4-3-5-11-8;/h6,8,11H,3-5H2,1-2H3,(H,13,15);1H/t8-;/m0./s1. The minimum absolute atomic E-state index is 0. The average molecular weight is 245 g/mol. The van der Waals surface area contributed by atoms with Crippen LogP contribution in [0.1, 0.15) is 18.5 Å². The van der Waals surface area contributed by atoms with Crippen LogP contribution in [-0.2, 0) is 11.8 Å². The summed E-state index contributed by atoms with van der Waals surface area (Å²) in [5.74, 6) is 0.0450. The lowest BCUT2D eigenvalue weighted by molar-refractivity contribution is -0.117. The van der Waals surface area contributed by atoms with Gasteiger partial charge < -0.3 is 10.6 Å². The molecule has 1 saturated heterocycles. The van der Waals surface area contributed by atoms with Crippen LogP contribution in [0.2, 0.25) is 0 Å². The number of nitrogens with zero attached hydrogens (tertiary/aromatic N) is 2. The van der Waals surface area contributed by atoms with Crippen LogP contribution in [0.4, 0.5) is 5.69 Å². The third-order valence-electron chi connectivity index (χ3n) is 2.87. The van der Waals surface area contributed by atoms with Gasteiger partial charge in [-0.2, -0.15) is 5.10 Å². The van der Waals surface area contributed by atoms with E-state index in [4.69, 9.17) is 0 Å². The quantitative estimate of drug-likeness (QED) is 0.811. The number of amides is 1. The van der Waals surface area contributed by atoms with Gasteiger partial charge in [-0.1, -0.05) is 0 Å². The fourth-order valence-corrected chi connectivity index (χ4v) is 1.75. The van der Waals surface area contributed by atoms with Crippen molar-refractivity contribution in [1.29, 1.82) is 0 Å². The summed E-state index contributed by atoms with van der Waals surface area (Å²) in [6.45, 7) is 2.87. The summed E-state index contributed by atoms with van der Waals surface area (Å²) in [5, 5.41) is 10.1. The monoisotopic (exact) mass is 244 g/mol. The molecule has 1 aliphatic heterocycles. The molecule has 90 valence electrons. The largest absolute Gasteiger partial charge is 0.322 e. The summed E-state index contributed by atoms with van der Waals surface area (Å²) in [4.78, 5) is 11.8. The van der Waals surface area contributed by atoms with Crippen molar-refractivity contribution < 1.29 is 4.79 Å². The van der Waals surface area contributed by atoms with Crippen LogP contribution in [0.15, 0.2) is 6.20 Å². The molecule has 1 aliphatic rings. The van der Waals surface area contributed by atoms with Gasteiger partial charge in [0, 0.05) is 7.05 Å². The smallest absolute Gasteiger partial charge is 0.241 e. The highest BCUT2D eigenvalue weighted by Gasteiger charge is 2.22. The Labute approximate surface area is 101 Å². The Bertz CT molecular complexity index is 371. The fraction of sp³-hybridized carbons (Fsp3) is 0.600. The first kappa shape index (κ1) is 13.0. The summed E-state index contributed by atoms with van der Waals surface area (Å²) in [6, 6.07) is -0.0374. The maximum absolute atomic E-state index is 11.8. The second kappa shape index (κ2) is 5.32. The molecule has 2 heterocycles. The summed E-state index contributed by atoms with van der Waals surface area (Å²) < 4.78 is 1.75. The van der Waals surface area contributed by atoms with Crippen molar-refractivity contribution in [3.63, 3.8) is 0 Å². The van der Waals surface area contributed by atoms with Gasteiger partial charge in [0.15, 0.2) is 0 Å². The Morgan fingerprint density at radius 2 is 2.44 bits per heavy atom. The topological polar surface area (TPSA) is 59.0 Å². The van der Waals surface area contributed by atoms with Gasteiger partial charge in [-0.15, -0.1) is 12.4 Å². The molecule has 0 unspecified atom stereocenters. The van der Waals surface area contributed by atoms with Crippen LogP contribution >= 0.6 is 12.4 Å².